The molecule has 2 aliphatic carbocycles. The predicted octanol–water partition coefficient (Wildman–Crippen LogP) is 3.84. The third-order valence-electron chi connectivity index (χ3n) is 6.42. The second kappa shape index (κ2) is 10.3. The molecule has 0 radical (unpaired) electrons. The molecule has 33 heavy (non-hydrogen) atoms. The molecule has 0 bridgehead atoms. The predicted molar refractivity (Wildman–Crippen MR) is 124 cm³/mol. The molecule has 2 aromatic carbocycles. The molecule has 2 amide bonds. The summed E-state index contributed by atoms with van der Waals surface area (Å²) in [5.41, 5.74) is 4.62. The monoisotopic (exact) mass is 448 g/mol. The number of hydrogen-bond donors (Lipinski definition) is 3. The quantitative estimate of drug-likeness (QED) is 0.506. The molecule has 4 rings (SSSR count). The number of fused-ring (bicyclic) bond motifs is 3. The van der Waals surface area contributed by atoms with Gasteiger partial charge >= 0.3 is 12.1 Å². The van der Waals surface area contributed by atoms with Crippen molar-refractivity contribution in [2.24, 2.45) is 5.92 Å². The van der Waals surface area contributed by atoms with E-state index in [1.165, 1.54) is 23.3 Å². The van der Waals surface area contributed by atoms with Gasteiger partial charge in [-0.25, -0.2) is 4.79 Å². The van der Waals surface area contributed by atoms with Crippen LogP contribution in [-0.2, 0) is 14.3 Å². The molecule has 0 heterocycles. The Morgan fingerprint density at radius 1 is 1.03 bits per heavy atom. The molecule has 3 N–H and O–H groups in total. The summed E-state index contributed by atoms with van der Waals surface area (Å²) < 4.78 is 5.46. The lowest BCUT2D eigenvalue weighted by atomic mass is 9.78. The third-order valence-corrected chi connectivity index (χ3v) is 6.42. The summed E-state index contributed by atoms with van der Waals surface area (Å²) in [4.78, 5) is 35.3. The lowest BCUT2D eigenvalue weighted by Crippen LogP contribution is -2.43. The van der Waals surface area contributed by atoms with Gasteiger partial charge in [-0.05, 0) is 41.0 Å². The van der Waals surface area contributed by atoms with Gasteiger partial charge in [0.25, 0.3) is 0 Å². The van der Waals surface area contributed by atoms with Crippen LogP contribution in [0.15, 0.2) is 60.7 Å². The van der Waals surface area contributed by atoms with E-state index in [9.17, 15) is 14.4 Å². The van der Waals surface area contributed by atoms with Gasteiger partial charge in [0.15, 0.2) is 0 Å². The second-order valence-corrected chi connectivity index (χ2v) is 8.51. The highest BCUT2D eigenvalue weighted by atomic mass is 16.5. The highest BCUT2D eigenvalue weighted by Crippen LogP contribution is 2.44. The van der Waals surface area contributed by atoms with Gasteiger partial charge in [0.1, 0.15) is 6.61 Å². The maximum Gasteiger partial charge on any atom is 0.407 e. The van der Waals surface area contributed by atoms with E-state index in [1.807, 2.05) is 24.3 Å². The van der Waals surface area contributed by atoms with Crippen molar-refractivity contribution in [3.63, 3.8) is 0 Å². The molecule has 1 unspecified atom stereocenters. The van der Waals surface area contributed by atoms with Gasteiger partial charge < -0.3 is 20.5 Å². The standard InChI is InChI=1S/C26H28N2O5/c29-24(28-23(15-25(30)31)17-7-5-8-17)13-6-14-27-26(32)33-16-22-20-11-3-1-9-18(20)19-10-2-4-12-21(19)22/h1-4,6,9-13,17,22-23H,5,7-8,14-16H2,(H,27,32)(H,28,29)(H,30,31)/b13-6+. The number of carbonyl (C=O) groups excluding carboxylic acids is 2. The molecule has 0 spiro atoms. The molecule has 0 saturated heterocycles. The summed E-state index contributed by atoms with van der Waals surface area (Å²) in [6, 6.07) is 15.9. The fraction of sp³-hybridized carbons (Fsp3) is 0.346. The number of carbonyl (C=O) groups is 3. The maximum atomic E-state index is 12.2. The number of amides is 2. The molecule has 1 fully saturated rings. The van der Waals surface area contributed by atoms with Crippen molar-refractivity contribution in [2.45, 2.75) is 37.6 Å². The zero-order chi connectivity index (χ0) is 23.2. The van der Waals surface area contributed by atoms with E-state index in [1.54, 1.807) is 0 Å². The highest BCUT2D eigenvalue weighted by molar-refractivity contribution is 5.88. The molecule has 7 heteroatoms. The first-order valence-electron chi connectivity index (χ1n) is 11.3. The van der Waals surface area contributed by atoms with Crippen molar-refractivity contribution < 1.29 is 24.2 Å². The molecule has 2 aliphatic rings. The first-order chi connectivity index (χ1) is 16.0. The minimum Gasteiger partial charge on any atom is -0.481 e. The van der Waals surface area contributed by atoms with Gasteiger partial charge in [0.2, 0.25) is 5.91 Å². The Labute approximate surface area is 192 Å². The van der Waals surface area contributed by atoms with E-state index >= 15 is 0 Å². The summed E-state index contributed by atoms with van der Waals surface area (Å²) in [5.74, 6) is -1.07. The van der Waals surface area contributed by atoms with Gasteiger partial charge in [0.05, 0.1) is 6.42 Å². The first kappa shape index (κ1) is 22.6. The minimum absolute atomic E-state index is 0.0119. The van der Waals surface area contributed by atoms with Crippen LogP contribution in [-0.4, -0.2) is 42.3 Å². The van der Waals surface area contributed by atoms with Crippen LogP contribution in [0.5, 0.6) is 0 Å². The molecule has 0 aliphatic heterocycles. The van der Waals surface area contributed by atoms with E-state index in [2.05, 4.69) is 34.9 Å². The van der Waals surface area contributed by atoms with Crippen LogP contribution in [0.2, 0.25) is 0 Å². The number of rotatable bonds is 9. The average molecular weight is 449 g/mol. The molecule has 1 saturated carbocycles. The van der Waals surface area contributed by atoms with E-state index in [-0.39, 0.29) is 43.4 Å². The molecular weight excluding hydrogens is 420 g/mol. The second-order valence-electron chi connectivity index (χ2n) is 8.51. The normalized spacial score (nSPS) is 15.9. The third kappa shape index (κ3) is 5.42. The lowest BCUT2D eigenvalue weighted by Gasteiger charge is -2.33. The number of aliphatic carboxylic acids is 1. The number of hydrogen-bond acceptors (Lipinski definition) is 4. The van der Waals surface area contributed by atoms with Gasteiger partial charge in [-0.15, -0.1) is 0 Å². The minimum atomic E-state index is -0.923. The van der Waals surface area contributed by atoms with Gasteiger partial charge in [-0.2, -0.15) is 0 Å². The Balaban J connectivity index is 1.23. The van der Waals surface area contributed by atoms with Crippen molar-refractivity contribution in [2.75, 3.05) is 13.2 Å². The summed E-state index contributed by atoms with van der Waals surface area (Å²) in [5, 5.41) is 14.4. The Hall–Kier alpha value is -3.61. The van der Waals surface area contributed by atoms with Crippen molar-refractivity contribution in [1.82, 2.24) is 10.6 Å². The zero-order valence-electron chi connectivity index (χ0n) is 18.3. The number of ether oxygens (including phenoxy) is 1. The van der Waals surface area contributed by atoms with Crippen molar-refractivity contribution >= 4 is 18.0 Å². The molecule has 1 atom stereocenters. The SMILES string of the molecule is O=C(O)CC(NC(=O)/C=C/CNC(=O)OCC1c2ccccc2-c2ccccc21)C1CCC1. The van der Waals surface area contributed by atoms with E-state index in [0.717, 1.165) is 30.4 Å². The van der Waals surface area contributed by atoms with Crippen LogP contribution in [0.25, 0.3) is 11.1 Å². The van der Waals surface area contributed by atoms with Crippen molar-refractivity contribution in [1.29, 1.82) is 0 Å². The van der Waals surface area contributed by atoms with E-state index in [4.69, 9.17) is 9.84 Å². The van der Waals surface area contributed by atoms with Gasteiger partial charge in [0, 0.05) is 24.6 Å². The molecule has 2 aromatic rings. The summed E-state index contributed by atoms with van der Waals surface area (Å²) in [7, 11) is 0. The average Bonchev–Trinajstić information content (AvgIpc) is 3.07. The Morgan fingerprint density at radius 3 is 2.24 bits per heavy atom. The Kier molecular flexibility index (Phi) is 7.07. The van der Waals surface area contributed by atoms with Crippen LogP contribution >= 0.6 is 0 Å². The van der Waals surface area contributed by atoms with Crippen LogP contribution in [0.4, 0.5) is 4.79 Å². The fourth-order valence-electron chi connectivity index (χ4n) is 4.55. The van der Waals surface area contributed by atoms with Crippen LogP contribution in [0.3, 0.4) is 0 Å². The largest absolute Gasteiger partial charge is 0.481 e. The Morgan fingerprint density at radius 2 is 1.67 bits per heavy atom. The number of carboxylic acids is 1. The maximum absolute atomic E-state index is 12.2. The fourth-order valence-corrected chi connectivity index (χ4v) is 4.55. The van der Waals surface area contributed by atoms with E-state index < -0.39 is 12.1 Å². The van der Waals surface area contributed by atoms with Crippen LogP contribution in [0.1, 0.15) is 42.7 Å². The van der Waals surface area contributed by atoms with Gasteiger partial charge in [-0.1, -0.05) is 61.0 Å². The summed E-state index contributed by atoms with van der Waals surface area (Å²) in [6.07, 6.45) is 5.14. The number of alkyl carbamates (subject to hydrolysis) is 1. The molecule has 172 valence electrons. The number of nitrogens with one attached hydrogen (secondary N) is 2. The Bertz CT molecular complexity index is 1010. The van der Waals surface area contributed by atoms with Crippen molar-refractivity contribution in [3.05, 3.63) is 71.8 Å². The summed E-state index contributed by atoms with van der Waals surface area (Å²) in [6.45, 7) is 0.361. The molecule has 7 nitrogen and oxygen atoms in total. The topological polar surface area (TPSA) is 105 Å². The highest BCUT2D eigenvalue weighted by Gasteiger charge is 2.30. The summed E-state index contributed by atoms with van der Waals surface area (Å²) >= 11 is 0. The number of benzene rings is 2. The first-order valence-corrected chi connectivity index (χ1v) is 11.3. The number of carboxylic acid groups (broad SMARTS) is 1. The smallest absolute Gasteiger partial charge is 0.407 e. The van der Waals surface area contributed by atoms with Crippen LogP contribution in [0, 0.1) is 5.92 Å². The van der Waals surface area contributed by atoms with Crippen molar-refractivity contribution in [3.8, 4) is 11.1 Å². The molecular formula is C26H28N2O5. The van der Waals surface area contributed by atoms with Gasteiger partial charge in [-0.3, -0.25) is 9.59 Å². The molecule has 0 aromatic heterocycles. The van der Waals surface area contributed by atoms with Crippen LogP contribution < -0.4 is 10.6 Å². The van der Waals surface area contributed by atoms with E-state index in [0.29, 0.717) is 0 Å². The zero-order valence-corrected chi connectivity index (χ0v) is 18.3. The lowest BCUT2D eigenvalue weighted by molar-refractivity contribution is -0.138.